The second kappa shape index (κ2) is 6.99. The van der Waals surface area contributed by atoms with Crippen molar-refractivity contribution in [3.05, 3.63) is 23.5 Å². The summed E-state index contributed by atoms with van der Waals surface area (Å²) < 4.78 is 1.48. The minimum Gasteiger partial charge on any atom is -0.477 e. The second-order valence-corrected chi connectivity index (χ2v) is 4.62. The first-order chi connectivity index (χ1) is 8.56. The minimum atomic E-state index is -1.00. The number of carboxylic acids is 1. The van der Waals surface area contributed by atoms with Gasteiger partial charge in [-0.05, 0) is 12.5 Å². The number of carbonyl (C=O) groups excluding carboxylic acids is 1. The standard InChI is InChI=1S/C14H21NO3/c1-3-4-5-6-7-8-13(16)11-9-12(14(17)18)15(2)10-11/h9-10H,3-8H2,1-2H3,(H,17,18). The lowest BCUT2D eigenvalue weighted by Crippen LogP contribution is -2.02. The highest BCUT2D eigenvalue weighted by Gasteiger charge is 2.14. The molecule has 1 rings (SSSR count). The molecule has 1 aromatic rings. The van der Waals surface area contributed by atoms with E-state index in [4.69, 9.17) is 5.11 Å². The summed E-state index contributed by atoms with van der Waals surface area (Å²) >= 11 is 0. The molecule has 0 saturated heterocycles. The zero-order valence-corrected chi connectivity index (χ0v) is 11.1. The van der Waals surface area contributed by atoms with Crippen molar-refractivity contribution in [3.63, 3.8) is 0 Å². The molecule has 4 nitrogen and oxygen atoms in total. The van der Waals surface area contributed by atoms with Gasteiger partial charge in [0.1, 0.15) is 5.69 Å². The van der Waals surface area contributed by atoms with Crippen LogP contribution in [0.15, 0.2) is 12.3 Å². The van der Waals surface area contributed by atoms with Crippen LogP contribution in [0, 0.1) is 0 Å². The van der Waals surface area contributed by atoms with E-state index in [1.165, 1.54) is 29.9 Å². The SMILES string of the molecule is CCCCCCCC(=O)c1cc(C(=O)O)n(C)c1. The molecule has 1 aromatic heterocycles. The molecule has 0 aliphatic heterocycles. The lowest BCUT2D eigenvalue weighted by atomic mass is 10.1. The second-order valence-electron chi connectivity index (χ2n) is 4.62. The van der Waals surface area contributed by atoms with Gasteiger partial charge in [0, 0.05) is 25.2 Å². The molecule has 0 bridgehead atoms. The van der Waals surface area contributed by atoms with Gasteiger partial charge in [-0.25, -0.2) is 4.79 Å². The van der Waals surface area contributed by atoms with Crippen LogP contribution in [0.2, 0.25) is 0 Å². The summed E-state index contributed by atoms with van der Waals surface area (Å²) in [6.45, 7) is 2.16. The number of hydrogen-bond acceptors (Lipinski definition) is 2. The Morgan fingerprint density at radius 2 is 1.89 bits per heavy atom. The number of carboxylic acid groups (broad SMARTS) is 1. The summed E-state index contributed by atoms with van der Waals surface area (Å²) in [7, 11) is 1.64. The summed E-state index contributed by atoms with van der Waals surface area (Å²) in [5.74, 6) is -0.964. The van der Waals surface area contributed by atoms with E-state index in [0.29, 0.717) is 12.0 Å². The minimum absolute atomic E-state index is 0.0367. The quantitative estimate of drug-likeness (QED) is 0.570. The highest BCUT2D eigenvalue weighted by atomic mass is 16.4. The van der Waals surface area contributed by atoms with E-state index in [-0.39, 0.29) is 11.5 Å². The molecule has 1 heterocycles. The van der Waals surface area contributed by atoms with Gasteiger partial charge in [0.25, 0.3) is 0 Å². The van der Waals surface area contributed by atoms with Gasteiger partial charge in [0.05, 0.1) is 0 Å². The third-order valence-corrected chi connectivity index (χ3v) is 3.05. The molecule has 0 saturated carbocycles. The van der Waals surface area contributed by atoms with E-state index in [1.807, 2.05) is 0 Å². The zero-order valence-electron chi connectivity index (χ0n) is 11.1. The smallest absolute Gasteiger partial charge is 0.352 e. The molecule has 0 aliphatic carbocycles. The Morgan fingerprint density at radius 3 is 2.44 bits per heavy atom. The summed E-state index contributed by atoms with van der Waals surface area (Å²) in [4.78, 5) is 22.7. The van der Waals surface area contributed by atoms with Crippen molar-refractivity contribution in [3.8, 4) is 0 Å². The van der Waals surface area contributed by atoms with Crippen LogP contribution in [0.1, 0.15) is 66.3 Å². The summed E-state index contributed by atoms with van der Waals surface area (Å²) in [6, 6.07) is 1.46. The lowest BCUT2D eigenvalue weighted by molar-refractivity contribution is 0.0686. The molecular formula is C14H21NO3. The van der Waals surface area contributed by atoms with Crippen LogP contribution in [0.4, 0.5) is 0 Å². The van der Waals surface area contributed by atoms with Crippen LogP contribution < -0.4 is 0 Å². The number of carbonyl (C=O) groups is 2. The first-order valence-corrected chi connectivity index (χ1v) is 6.49. The summed E-state index contributed by atoms with van der Waals surface area (Å²) in [6.07, 6.45) is 7.62. The average molecular weight is 251 g/mol. The summed E-state index contributed by atoms with van der Waals surface area (Å²) in [5.41, 5.74) is 0.662. The van der Waals surface area contributed by atoms with Crippen LogP contribution in [-0.2, 0) is 7.05 Å². The number of rotatable bonds is 8. The maximum absolute atomic E-state index is 11.9. The summed E-state index contributed by atoms with van der Waals surface area (Å²) in [5, 5.41) is 8.90. The van der Waals surface area contributed by atoms with Crippen LogP contribution in [0.25, 0.3) is 0 Å². The van der Waals surface area contributed by atoms with E-state index in [1.54, 1.807) is 13.2 Å². The largest absolute Gasteiger partial charge is 0.477 e. The number of aryl methyl sites for hydroxylation is 1. The van der Waals surface area contributed by atoms with Gasteiger partial charge in [-0.1, -0.05) is 32.6 Å². The Kier molecular flexibility index (Phi) is 5.62. The van der Waals surface area contributed by atoms with E-state index in [9.17, 15) is 9.59 Å². The predicted molar refractivity (Wildman–Crippen MR) is 70.1 cm³/mol. The number of aromatic carboxylic acids is 1. The maximum atomic E-state index is 11.9. The Bertz CT molecular complexity index is 421. The Morgan fingerprint density at radius 1 is 1.22 bits per heavy atom. The van der Waals surface area contributed by atoms with Crippen LogP contribution in [-0.4, -0.2) is 21.4 Å². The molecule has 4 heteroatoms. The molecule has 1 N–H and O–H groups in total. The van der Waals surface area contributed by atoms with Gasteiger partial charge >= 0.3 is 5.97 Å². The molecule has 0 spiro atoms. The molecule has 100 valence electrons. The molecule has 0 fully saturated rings. The van der Waals surface area contributed by atoms with Crippen LogP contribution >= 0.6 is 0 Å². The Balaban J connectivity index is 2.47. The van der Waals surface area contributed by atoms with Crippen molar-refractivity contribution in [1.29, 1.82) is 0 Å². The molecule has 18 heavy (non-hydrogen) atoms. The van der Waals surface area contributed by atoms with Crippen LogP contribution in [0.5, 0.6) is 0 Å². The van der Waals surface area contributed by atoms with Gasteiger partial charge in [0.15, 0.2) is 5.78 Å². The molecule has 0 amide bonds. The number of nitrogens with zero attached hydrogens (tertiary/aromatic N) is 1. The normalized spacial score (nSPS) is 10.6. The van der Waals surface area contributed by atoms with Crippen molar-refractivity contribution >= 4 is 11.8 Å². The zero-order chi connectivity index (χ0) is 13.5. The van der Waals surface area contributed by atoms with Crippen molar-refractivity contribution in [2.45, 2.75) is 45.4 Å². The topological polar surface area (TPSA) is 59.3 Å². The van der Waals surface area contributed by atoms with Gasteiger partial charge in [-0.3, -0.25) is 4.79 Å². The van der Waals surface area contributed by atoms with E-state index in [0.717, 1.165) is 12.8 Å². The number of ketones is 1. The van der Waals surface area contributed by atoms with Crippen molar-refractivity contribution < 1.29 is 14.7 Å². The van der Waals surface area contributed by atoms with Crippen molar-refractivity contribution in [2.75, 3.05) is 0 Å². The van der Waals surface area contributed by atoms with Gasteiger partial charge in [-0.15, -0.1) is 0 Å². The molecule has 0 radical (unpaired) electrons. The van der Waals surface area contributed by atoms with Crippen molar-refractivity contribution in [2.24, 2.45) is 7.05 Å². The molecule has 0 unspecified atom stereocenters. The van der Waals surface area contributed by atoms with Gasteiger partial charge in [0.2, 0.25) is 0 Å². The monoisotopic (exact) mass is 251 g/mol. The Hall–Kier alpha value is -1.58. The fourth-order valence-corrected chi connectivity index (χ4v) is 1.96. The average Bonchev–Trinajstić information content (AvgIpc) is 2.71. The van der Waals surface area contributed by atoms with Crippen LogP contribution in [0.3, 0.4) is 0 Å². The first kappa shape index (κ1) is 14.5. The van der Waals surface area contributed by atoms with E-state index in [2.05, 4.69) is 6.92 Å². The highest BCUT2D eigenvalue weighted by Crippen LogP contribution is 2.13. The lowest BCUT2D eigenvalue weighted by Gasteiger charge is -1.98. The third-order valence-electron chi connectivity index (χ3n) is 3.05. The van der Waals surface area contributed by atoms with E-state index >= 15 is 0 Å². The molecule has 0 atom stereocenters. The number of aromatic nitrogens is 1. The van der Waals surface area contributed by atoms with Gasteiger partial charge < -0.3 is 9.67 Å². The Labute approximate surface area is 108 Å². The molecular weight excluding hydrogens is 230 g/mol. The number of hydrogen-bond donors (Lipinski definition) is 1. The molecule has 0 aliphatic rings. The highest BCUT2D eigenvalue weighted by molar-refractivity contribution is 5.98. The van der Waals surface area contributed by atoms with E-state index < -0.39 is 5.97 Å². The fraction of sp³-hybridized carbons (Fsp3) is 0.571. The number of Topliss-reactive ketones (excluding diaryl/α,β-unsaturated/α-hetero) is 1. The molecule has 0 aromatic carbocycles. The predicted octanol–water partition coefficient (Wildman–Crippen LogP) is 3.27. The fourth-order valence-electron chi connectivity index (χ4n) is 1.96. The van der Waals surface area contributed by atoms with Crippen molar-refractivity contribution in [1.82, 2.24) is 4.57 Å². The first-order valence-electron chi connectivity index (χ1n) is 6.49. The third kappa shape index (κ3) is 4.02. The maximum Gasteiger partial charge on any atom is 0.352 e. The van der Waals surface area contributed by atoms with Gasteiger partial charge in [-0.2, -0.15) is 0 Å². The number of unbranched alkanes of at least 4 members (excludes halogenated alkanes) is 4.